The number of ether oxygens (including phenoxy) is 1. The third-order valence-corrected chi connectivity index (χ3v) is 7.28. The van der Waals surface area contributed by atoms with E-state index < -0.39 is 0 Å². The lowest BCUT2D eigenvalue weighted by Gasteiger charge is -2.26. The van der Waals surface area contributed by atoms with Crippen molar-refractivity contribution in [3.8, 4) is 5.88 Å². The lowest BCUT2D eigenvalue weighted by molar-refractivity contribution is 0.241. The van der Waals surface area contributed by atoms with Crippen LogP contribution >= 0.6 is 22.7 Å². The third-order valence-electron chi connectivity index (χ3n) is 4.95. The Bertz CT molecular complexity index is 978. The van der Waals surface area contributed by atoms with Crippen molar-refractivity contribution in [1.82, 2.24) is 19.5 Å². The summed E-state index contributed by atoms with van der Waals surface area (Å²) in [6.45, 7) is 15.4. The number of hydrogen-bond donors (Lipinski definition) is 0. The highest BCUT2D eigenvalue weighted by molar-refractivity contribution is 7.10. The van der Waals surface area contributed by atoms with Crippen molar-refractivity contribution in [1.29, 1.82) is 0 Å². The molecule has 30 heavy (non-hydrogen) atoms. The average Bonchev–Trinajstić information content (AvgIpc) is 3.35. The van der Waals surface area contributed by atoms with Crippen molar-refractivity contribution in [2.75, 3.05) is 0 Å². The van der Waals surface area contributed by atoms with E-state index in [1.807, 2.05) is 12.4 Å². The number of aryl methyl sites for hydroxylation is 1. The van der Waals surface area contributed by atoms with Gasteiger partial charge >= 0.3 is 0 Å². The summed E-state index contributed by atoms with van der Waals surface area (Å²) in [6, 6.07) is 0. The molecule has 0 aliphatic heterocycles. The molecule has 3 heterocycles. The van der Waals surface area contributed by atoms with E-state index in [1.54, 1.807) is 23.0 Å². The highest BCUT2D eigenvalue weighted by atomic mass is 32.1. The van der Waals surface area contributed by atoms with Gasteiger partial charge in [0, 0.05) is 16.8 Å². The molecule has 0 saturated carbocycles. The molecular formula is C22H31FN4OS2. The van der Waals surface area contributed by atoms with Crippen molar-refractivity contribution in [3.63, 3.8) is 0 Å². The summed E-state index contributed by atoms with van der Waals surface area (Å²) in [6.07, 6.45) is 3.33. The van der Waals surface area contributed by atoms with Gasteiger partial charge in [-0.2, -0.15) is 4.39 Å². The van der Waals surface area contributed by atoms with Crippen LogP contribution in [0.3, 0.4) is 0 Å². The predicted molar refractivity (Wildman–Crippen MR) is 121 cm³/mol. The van der Waals surface area contributed by atoms with Gasteiger partial charge < -0.3 is 4.74 Å². The Balaban J connectivity index is 1.76. The molecule has 164 valence electrons. The minimum atomic E-state index is -0.353. The topological polar surface area (TPSA) is 52.8 Å². The highest BCUT2D eigenvalue weighted by Gasteiger charge is 2.25. The van der Waals surface area contributed by atoms with Crippen LogP contribution in [0.25, 0.3) is 0 Å². The molecular weight excluding hydrogens is 419 g/mol. The predicted octanol–water partition coefficient (Wildman–Crippen LogP) is 6.30. The third kappa shape index (κ3) is 5.09. The Morgan fingerprint density at radius 1 is 1.07 bits per heavy atom. The number of nitrogens with zero attached hydrogens (tertiary/aromatic N) is 4. The Kier molecular flexibility index (Phi) is 6.67. The summed E-state index contributed by atoms with van der Waals surface area (Å²) in [5, 5.41) is 0. The van der Waals surface area contributed by atoms with E-state index in [0.717, 1.165) is 30.2 Å². The fourth-order valence-corrected chi connectivity index (χ4v) is 5.18. The summed E-state index contributed by atoms with van der Waals surface area (Å²) < 4.78 is 22.1. The number of imidazole rings is 1. The van der Waals surface area contributed by atoms with E-state index in [2.05, 4.69) is 61.1 Å². The first-order chi connectivity index (χ1) is 14.0. The van der Waals surface area contributed by atoms with Crippen LogP contribution < -0.4 is 4.74 Å². The van der Waals surface area contributed by atoms with Crippen LogP contribution in [0.1, 0.15) is 82.1 Å². The van der Waals surface area contributed by atoms with Gasteiger partial charge in [-0.1, -0.05) is 27.7 Å². The van der Waals surface area contributed by atoms with Gasteiger partial charge in [-0.25, -0.2) is 15.0 Å². The van der Waals surface area contributed by atoms with Gasteiger partial charge in [0.2, 0.25) is 11.8 Å². The van der Waals surface area contributed by atoms with Gasteiger partial charge in [0.25, 0.3) is 0 Å². The van der Waals surface area contributed by atoms with Crippen LogP contribution in [0.15, 0.2) is 17.2 Å². The maximum atomic E-state index is 13.8. The molecule has 0 radical (unpaired) electrons. The molecule has 0 aliphatic rings. The Morgan fingerprint density at radius 2 is 1.77 bits per heavy atom. The quantitative estimate of drug-likeness (QED) is 0.424. The van der Waals surface area contributed by atoms with Gasteiger partial charge in [-0.3, -0.25) is 4.57 Å². The highest BCUT2D eigenvalue weighted by Crippen LogP contribution is 2.32. The second-order valence-corrected chi connectivity index (χ2v) is 11.4. The molecule has 1 atom stereocenters. The zero-order valence-electron chi connectivity index (χ0n) is 18.8. The van der Waals surface area contributed by atoms with Crippen molar-refractivity contribution < 1.29 is 9.13 Å². The van der Waals surface area contributed by atoms with Crippen molar-refractivity contribution in [2.45, 2.75) is 84.8 Å². The van der Waals surface area contributed by atoms with Gasteiger partial charge in [-0.05, 0) is 38.5 Å². The Morgan fingerprint density at radius 3 is 2.37 bits per heavy atom. The first-order valence-corrected chi connectivity index (χ1v) is 12.0. The molecule has 0 bridgehead atoms. The molecule has 8 heteroatoms. The van der Waals surface area contributed by atoms with Crippen LogP contribution in [-0.2, 0) is 24.0 Å². The summed E-state index contributed by atoms with van der Waals surface area (Å²) >= 11 is 3.04. The molecule has 0 amide bonds. The number of aromatic nitrogens is 4. The Labute approximate surface area is 186 Å². The minimum Gasteiger partial charge on any atom is -0.471 e. The van der Waals surface area contributed by atoms with E-state index in [9.17, 15) is 4.39 Å². The first kappa shape index (κ1) is 22.9. The molecule has 0 spiro atoms. The van der Waals surface area contributed by atoms with Gasteiger partial charge in [0.15, 0.2) is 0 Å². The zero-order valence-corrected chi connectivity index (χ0v) is 20.5. The molecule has 3 aromatic rings. The normalized spacial score (nSPS) is 13.6. The number of halogens is 1. The fraction of sp³-hybridized carbons (Fsp3) is 0.591. The van der Waals surface area contributed by atoms with Crippen molar-refractivity contribution in [3.05, 3.63) is 44.4 Å². The van der Waals surface area contributed by atoms with Crippen LogP contribution in [0.2, 0.25) is 0 Å². The van der Waals surface area contributed by atoms with Crippen LogP contribution in [0, 0.1) is 5.95 Å². The number of hydrogen-bond acceptors (Lipinski definition) is 6. The molecule has 0 fully saturated rings. The molecule has 0 aliphatic carbocycles. The maximum Gasteiger partial charge on any atom is 0.227 e. The molecule has 5 nitrogen and oxygen atoms in total. The molecule has 3 rings (SSSR count). The van der Waals surface area contributed by atoms with Gasteiger partial charge in [0.05, 0.1) is 27.8 Å². The molecule has 1 unspecified atom stereocenters. The summed E-state index contributed by atoms with van der Waals surface area (Å²) in [5.41, 5.74) is 4.27. The molecule has 3 aromatic heterocycles. The zero-order chi connectivity index (χ0) is 22.1. The van der Waals surface area contributed by atoms with E-state index in [0.29, 0.717) is 11.5 Å². The molecule has 0 saturated heterocycles. The Hall–Kier alpha value is -1.80. The first-order valence-electron chi connectivity index (χ1n) is 10.2. The summed E-state index contributed by atoms with van der Waals surface area (Å²) in [4.78, 5) is 14.8. The molecule has 0 aromatic carbocycles. The van der Waals surface area contributed by atoms with Gasteiger partial charge in [-0.15, -0.1) is 22.7 Å². The van der Waals surface area contributed by atoms with Crippen LogP contribution in [-0.4, -0.2) is 19.5 Å². The lowest BCUT2D eigenvalue weighted by Crippen LogP contribution is -2.25. The van der Waals surface area contributed by atoms with Crippen molar-refractivity contribution >= 4 is 22.7 Å². The SMILES string of the molecule is CC(CCc1ncc(OCc2ncsc2C(C)(C)C)n1C(C)(C)C)c1scnc1F. The van der Waals surface area contributed by atoms with Crippen LogP contribution in [0.4, 0.5) is 4.39 Å². The standard InChI is InChI=1S/C22H31FN4OS2/c1-14(18-20(23)26-13-29-18)8-9-16-24-10-17(27(16)22(5,6)7)28-11-15-19(21(2,3)4)30-12-25-15/h10,12-14H,8-9,11H2,1-7H3. The monoisotopic (exact) mass is 450 g/mol. The minimum absolute atomic E-state index is 0.0390. The molecule has 0 N–H and O–H groups in total. The largest absolute Gasteiger partial charge is 0.471 e. The number of thiazole rings is 2. The lowest BCUT2D eigenvalue weighted by atomic mass is 9.93. The van der Waals surface area contributed by atoms with E-state index in [-0.39, 0.29) is 22.8 Å². The van der Waals surface area contributed by atoms with E-state index >= 15 is 0 Å². The summed E-state index contributed by atoms with van der Waals surface area (Å²) in [7, 11) is 0. The van der Waals surface area contributed by atoms with Crippen LogP contribution in [0.5, 0.6) is 5.88 Å². The van der Waals surface area contributed by atoms with Crippen molar-refractivity contribution in [2.24, 2.45) is 0 Å². The second-order valence-electron chi connectivity index (χ2n) is 9.63. The van der Waals surface area contributed by atoms with E-state index in [1.165, 1.54) is 16.2 Å². The summed E-state index contributed by atoms with van der Waals surface area (Å²) in [5.74, 6) is 1.43. The fourth-order valence-electron chi connectivity index (χ4n) is 3.53. The smallest absolute Gasteiger partial charge is 0.227 e. The maximum absolute atomic E-state index is 13.8. The second kappa shape index (κ2) is 8.75. The van der Waals surface area contributed by atoms with Gasteiger partial charge in [0.1, 0.15) is 12.4 Å². The number of rotatable bonds is 7. The average molecular weight is 451 g/mol. The van der Waals surface area contributed by atoms with E-state index in [4.69, 9.17) is 4.74 Å².